The minimum Gasteiger partial charge on any atom is -0.497 e. The molecule has 0 unspecified atom stereocenters. The highest BCUT2D eigenvalue weighted by Crippen LogP contribution is 2.28. The number of amides is 1. The van der Waals surface area contributed by atoms with Crippen LogP contribution >= 0.6 is 0 Å². The first-order valence-corrected chi connectivity index (χ1v) is 9.79. The van der Waals surface area contributed by atoms with Gasteiger partial charge in [0.1, 0.15) is 5.75 Å². The van der Waals surface area contributed by atoms with Gasteiger partial charge in [-0.15, -0.1) is 0 Å². The molecule has 1 aliphatic carbocycles. The van der Waals surface area contributed by atoms with Gasteiger partial charge in [0.15, 0.2) is 11.8 Å². The van der Waals surface area contributed by atoms with E-state index in [0.717, 1.165) is 50.5 Å². The van der Waals surface area contributed by atoms with E-state index in [0.29, 0.717) is 6.54 Å². The molecule has 4 rings (SSSR count). The van der Waals surface area contributed by atoms with E-state index in [4.69, 9.17) is 9.15 Å². The second kappa shape index (κ2) is 8.05. The van der Waals surface area contributed by atoms with E-state index in [9.17, 15) is 4.79 Å². The molecule has 1 amide bonds. The molecule has 6 nitrogen and oxygen atoms in total. The minimum atomic E-state index is 0.167. The van der Waals surface area contributed by atoms with Crippen LogP contribution in [0.15, 0.2) is 47.1 Å². The molecule has 1 aliphatic heterocycles. The molecule has 1 saturated heterocycles. The van der Waals surface area contributed by atoms with Crippen LogP contribution in [0.1, 0.15) is 24.6 Å². The molecule has 1 aromatic heterocycles. The highest BCUT2D eigenvalue weighted by Gasteiger charge is 2.34. The van der Waals surface area contributed by atoms with Crippen LogP contribution in [0.2, 0.25) is 0 Å². The smallest absolute Gasteiger partial charge is 0.223 e. The number of rotatable bonds is 7. The SMILES string of the molecule is COc1ccc(N2CC[NH+]([C@H](CNC(=O)C3CC3)c3ccco3)CC2)cc1. The fourth-order valence-electron chi connectivity index (χ4n) is 3.82. The number of benzene rings is 1. The fourth-order valence-corrected chi connectivity index (χ4v) is 3.82. The Morgan fingerprint density at radius 2 is 2.00 bits per heavy atom. The number of ether oxygens (including phenoxy) is 1. The Kier molecular flexibility index (Phi) is 5.34. The molecule has 27 heavy (non-hydrogen) atoms. The molecule has 2 aliphatic rings. The molecule has 0 bridgehead atoms. The van der Waals surface area contributed by atoms with Crippen molar-refractivity contribution < 1.29 is 18.8 Å². The summed E-state index contributed by atoms with van der Waals surface area (Å²) in [5.41, 5.74) is 1.23. The van der Waals surface area contributed by atoms with Gasteiger partial charge in [0.05, 0.1) is 46.1 Å². The van der Waals surface area contributed by atoms with E-state index in [1.54, 1.807) is 13.4 Å². The van der Waals surface area contributed by atoms with Gasteiger partial charge < -0.3 is 24.3 Å². The van der Waals surface area contributed by atoms with E-state index in [1.165, 1.54) is 10.6 Å². The number of quaternary nitrogens is 1. The second-order valence-electron chi connectivity index (χ2n) is 7.43. The summed E-state index contributed by atoms with van der Waals surface area (Å²) in [7, 11) is 1.69. The number of nitrogens with zero attached hydrogens (tertiary/aromatic N) is 1. The number of furan rings is 1. The van der Waals surface area contributed by atoms with Gasteiger partial charge in [0, 0.05) is 11.6 Å². The zero-order chi connectivity index (χ0) is 18.6. The first-order chi connectivity index (χ1) is 13.2. The van der Waals surface area contributed by atoms with Gasteiger partial charge in [-0.25, -0.2) is 0 Å². The summed E-state index contributed by atoms with van der Waals surface area (Å²) in [6, 6.07) is 12.4. The minimum absolute atomic E-state index is 0.167. The van der Waals surface area contributed by atoms with Crippen molar-refractivity contribution in [1.82, 2.24) is 5.32 Å². The summed E-state index contributed by atoms with van der Waals surface area (Å²) < 4.78 is 10.9. The van der Waals surface area contributed by atoms with Gasteiger partial charge in [-0.3, -0.25) is 4.79 Å². The van der Waals surface area contributed by atoms with Gasteiger partial charge >= 0.3 is 0 Å². The van der Waals surface area contributed by atoms with Crippen molar-refractivity contribution in [2.45, 2.75) is 18.9 Å². The average molecular weight is 370 g/mol. The molecular weight excluding hydrogens is 342 g/mol. The monoisotopic (exact) mass is 370 g/mol. The maximum Gasteiger partial charge on any atom is 0.223 e. The van der Waals surface area contributed by atoms with Crippen LogP contribution in [0.4, 0.5) is 5.69 Å². The Labute approximate surface area is 160 Å². The van der Waals surface area contributed by atoms with Crippen molar-refractivity contribution in [3.63, 3.8) is 0 Å². The van der Waals surface area contributed by atoms with Crippen LogP contribution in [0.5, 0.6) is 5.75 Å². The molecule has 2 N–H and O–H groups in total. The van der Waals surface area contributed by atoms with Crippen molar-refractivity contribution in [1.29, 1.82) is 0 Å². The molecule has 2 aromatic rings. The lowest BCUT2D eigenvalue weighted by molar-refractivity contribution is -0.932. The molecular formula is C21H28N3O3+. The summed E-state index contributed by atoms with van der Waals surface area (Å²) in [6.45, 7) is 4.62. The lowest BCUT2D eigenvalue weighted by atomic mass is 10.1. The molecule has 0 radical (unpaired) electrons. The van der Waals surface area contributed by atoms with Crippen LogP contribution in [0.25, 0.3) is 0 Å². The van der Waals surface area contributed by atoms with Gasteiger partial charge in [0.2, 0.25) is 5.91 Å². The number of carbonyl (C=O) groups excluding carboxylic acids is 1. The molecule has 144 valence electrons. The lowest BCUT2D eigenvalue weighted by Crippen LogP contribution is -3.15. The Morgan fingerprint density at radius 1 is 1.26 bits per heavy atom. The van der Waals surface area contributed by atoms with Crippen molar-refractivity contribution in [2.24, 2.45) is 5.92 Å². The van der Waals surface area contributed by atoms with E-state index >= 15 is 0 Å². The third-order valence-electron chi connectivity index (χ3n) is 5.65. The third-order valence-corrected chi connectivity index (χ3v) is 5.65. The number of hydrogen-bond donors (Lipinski definition) is 2. The largest absolute Gasteiger partial charge is 0.497 e. The van der Waals surface area contributed by atoms with Crippen molar-refractivity contribution in [3.8, 4) is 5.75 Å². The Morgan fingerprint density at radius 3 is 2.59 bits per heavy atom. The third kappa shape index (κ3) is 4.27. The normalized spacial score (nSPS) is 18.9. The number of carbonyl (C=O) groups is 1. The van der Waals surface area contributed by atoms with E-state index in [1.807, 2.05) is 24.3 Å². The molecule has 1 aromatic carbocycles. The van der Waals surface area contributed by atoms with Crippen molar-refractivity contribution >= 4 is 11.6 Å². The second-order valence-corrected chi connectivity index (χ2v) is 7.43. The molecule has 6 heteroatoms. The highest BCUT2D eigenvalue weighted by atomic mass is 16.5. The molecule has 1 atom stereocenters. The topological polar surface area (TPSA) is 59.1 Å². The molecule has 0 spiro atoms. The Hall–Kier alpha value is -2.47. The number of anilines is 1. The molecule has 1 saturated carbocycles. The highest BCUT2D eigenvalue weighted by molar-refractivity contribution is 5.80. The first-order valence-electron chi connectivity index (χ1n) is 9.79. The summed E-state index contributed by atoms with van der Waals surface area (Å²) in [5, 5.41) is 3.14. The van der Waals surface area contributed by atoms with Crippen molar-refractivity contribution in [3.05, 3.63) is 48.4 Å². The Bertz CT molecular complexity index is 733. The van der Waals surface area contributed by atoms with Crippen LogP contribution in [0.3, 0.4) is 0 Å². The van der Waals surface area contributed by atoms with Crippen LogP contribution in [-0.4, -0.2) is 45.7 Å². The predicted molar refractivity (Wildman–Crippen MR) is 103 cm³/mol. The van der Waals surface area contributed by atoms with E-state index < -0.39 is 0 Å². The van der Waals surface area contributed by atoms with Crippen molar-refractivity contribution in [2.75, 3.05) is 44.7 Å². The fraction of sp³-hybridized carbons (Fsp3) is 0.476. The molecule has 2 heterocycles. The van der Waals surface area contributed by atoms with Crippen LogP contribution in [0, 0.1) is 5.92 Å². The molecule has 2 fully saturated rings. The number of hydrogen-bond acceptors (Lipinski definition) is 4. The summed E-state index contributed by atoms with van der Waals surface area (Å²) >= 11 is 0. The van der Waals surface area contributed by atoms with Crippen LogP contribution in [-0.2, 0) is 4.79 Å². The van der Waals surface area contributed by atoms with Crippen LogP contribution < -0.4 is 19.9 Å². The number of nitrogens with one attached hydrogen (secondary N) is 2. The summed E-state index contributed by atoms with van der Waals surface area (Å²) in [4.78, 5) is 16.0. The van der Waals surface area contributed by atoms with Gasteiger partial charge in [-0.05, 0) is 49.2 Å². The zero-order valence-corrected chi connectivity index (χ0v) is 15.8. The first kappa shape index (κ1) is 17.9. The summed E-state index contributed by atoms with van der Waals surface area (Å²) in [5.74, 6) is 2.28. The zero-order valence-electron chi connectivity index (χ0n) is 15.8. The standard InChI is InChI=1S/C21H27N3O3/c1-26-18-8-6-17(7-9-18)23-10-12-24(13-11-23)19(20-3-2-14-27-20)15-22-21(25)16-4-5-16/h2-3,6-9,14,16,19H,4-5,10-13,15H2,1H3,(H,22,25)/p+1/t19-/m1/s1. The maximum absolute atomic E-state index is 12.1. The van der Waals surface area contributed by atoms with Gasteiger partial charge in [-0.1, -0.05) is 0 Å². The van der Waals surface area contributed by atoms with E-state index in [-0.39, 0.29) is 17.9 Å². The van der Waals surface area contributed by atoms with Gasteiger partial charge in [0.25, 0.3) is 0 Å². The average Bonchev–Trinajstić information content (AvgIpc) is 3.44. The maximum atomic E-state index is 12.1. The quantitative estimate of drug-likeness (QED) is 0.771. The number of methoxy groups -OCH3 is 1. The van der Waals surface area contributed by atoms with E-state index in [2.05, 4.69) is 22.3 Å². The number of piperazine rings is 1. The van der Waals surface area contributed by atoms with Gasteiger partial charge in [-0.2, -0.15) is 0 Å². The predicted octanol–water partition coefficient (Wildman–Crippen LogP) is 1.26. The lowest BCUT2D eigenvalue weighted by Gasteiger charge is -2.37. The summed E-state index contributed by atoms with van der Waals surface area (Å²) in [6.07, 6.45) is 3.79. The Balaban J connectivity index is 1.37.